The van der Waals surface area contributed by atoms with Gasteiger partial charge < -0.3 is 19.5 Å². The van der Waals surface area contributed by atoms with Crippen LogP contribution in [0.2, 0.25) is 5.02 Å². The molecule has 0 spiro atoms. The first-order chi connectivity index (χ1) is 20.9. The minimum absolute atomic E-state index is 0.0764. The number of nitrogens with zero attached hydrogens (tertiary/aromatic N) is 6. The topological polar surface area (TPSA) is 96.5 Å². The third kappa shape index (κ3) is 6.90. The summed E-state index contributed by atoms with van der Waals surface area (Å²) in [5, 5.41) is 7.81. The fourth-order valence-corrected chi connectivity index (χ4v) is 6.30. The van der Waals surface area contributed by atoms with Crippen molar-refractivity contribution in [3.8, 4) is 16.1 Å². The van der Waals surface area contributed by atoms with Crippen molar-refractivity contribution < 1.29 is 23.1 Å². The number of likely N-dealkylation sites (tertiary alicyclic amines) is 1. The first kappa shape index (κ1) is 31.5. The number of halogens is 4. The van der Waals surface area contributed by atoms with E-state index < -0.39 is 12.1 Å². The van der Waals surface area contributed by atoms with Crippen molar-refractivity contribution in [1.29, 1.82) is 0 Å². The van der Waals surface area contributed by atoms with Gasteiger partial charge >= 0.3 is 12.1 Å². The van der Waals surface area contributed by atoms with E-state index in [4.69, 9.17) is 26.5 Å². The van der Waals surface area contributed by atoms with Gasteiger partial charge in [-0.2, -0.15) is 13.2 Å². The number of aliphatic carboxylic acids is 1. The highest BCUT2D eigenvalue weighted by atomic mass is 35.5. The smallest absolute Gasteiger partial charge is 0.475 e. The molecule has 1 saturated heterocycles. The SMILES string of the molecule is CN(C)c1nc2cc(-n3cnc4cc(-c5ccc(Cl)cc5)sc4c3=O)ccc2n1CCCN1CCCC1.O=C(O)C(F)(F)F. The van der Waals surface area contributed by atoms with Crippen molar-refractivity contribution in [2.75, 3.05) is 38.6 Å². The van der Waals surface area contributed by atoms with Gasteiger partial charge in [0.15, 0.2) is 0 Å². The summed E-state index contributed by atoms with van der Waals surface area (Å²) in [6.07, 6.45) is 0.244. The lowest BCUT2D eigenvalue weighted by Gasteiger charge is -2.17. The van der Waals surface area contributed by atoms with Gasteiger partial charge in [-0.3, -0.25) is 9.36 Å². The molecular formula is C30H30ClF3N6O3S. The first-order valence-electron chi connectivity index (χ1n) is 13.9. The molecule has 4 heterocycles. The van der Waals surface area contributed by atoms with E-state index in [1.165, 1.54) is 37.3 Å². The fourth-order valence-electron chi connectivity index (χ4n) is 5.13. The zero-order valence-corrected chi connectivity index (χ0v) is 25.6. The molecule has 1 fully saturated rings. The van der Waals surface area contributed by atoms with E-state index in [1.54, 1.807) is 10.9 Å². The van der Waals surface area contributed by atoms with E-state index in [1.807, 2.05) is 56.6 Å². The summed E-state index contributed by atoms with van der Waals surface area (Å²) in [6, 6.07) is 15.7. The number of thiophene rings is 1. The van der Waals surface area contributed by atoms with Crippen LogP contribution in [0.3, 0.4) is 0 Å². The molecule has 0 atom stereocenters. The van der Waals surface area contributed by atoms with Crippen molar-refractivity contribution in [3.63, 3.8) is 0 Å². The van der Waals surface area contributed by atoms with Gasteiger partial charge in [0, 0.05) is 30.5 Å². The second-order valence-corrected chi connectivity index (χ2v) is 12.1. The molecule has 9 nitrogen and oxygen atoms in total. The van der Waals surface area contributed by atoms with Crippen LogP contribution in [0.15, 0.2) is 59.7 Å². The van der Waals surface area contributed by atoms with Crippen LogP contribution in [-0.4, -0.2) is 75.0 Å². The Morgan fingerprint density at radius 2 is 1.73 bits per heavy atom. The van der Waals surface area contributed by atoms with E-state index >= 15 is 0 Å². The highest BCUT2D eigenvalue weighted by Gasteiger charge is 2.38. The van der Waals surface area contributed by atoms with Crippen LogP contribution in [-0.2, 0) is 11.3 Å². The van der Waals surface area contributed by atoms with Gasteiger partial charge in [-0.1, -0.05) is 23.7 Å². The molecule has 5 aromatic rings. The average molecular weight is 647 g/mol. The van der Waals surface area contributed by atoms with Crippen LogP contribution in [0.1, 0.15) is 19.3 Å². The third-order valence-corrected chi connectivity index (χ3v) is 8.67. The van der Waals surface area contributed by atoms with Crippen LogP contribution in [0.5, 0.6) is 0 Å². The molecule has 0 bridgehead atoms. The minimum atomic E-state index is -5.08. The van der Waals surface area contributed by atoms with Gasteiger partial charge in [-0.25, -0.2) is 14.8 Å². The summed E-state index contributed by atoms with van der Waals surface area (Å²) >= 11 is 7.50. The summed E-state index contributed by atoms with van der Waals surface area (Å²) in [7, 11) is 4.05. The van der Waals surface area contributed by atoms with E-state index in [-0.39, 0.29) is 5.56 Å². The molecule has 0 aliphatic carbocycles. The average Bonchev–Trinajstić information content (AvgIpc) is 3.73. The molecule has 1 aliphatic rings. The van der Waals surface area contributed by atoms with Crippen LogP contribution in [0.4, 0.5) is 19.1 Å². The van der Waals surface area contributed by atoms with Crippen LogP contribution >= 0.6 is 22.9 Å². The molecule has 2 aromatic carbocycles. The monoisotopic (exact) mass is 646 g/mol. The number of alkyl halides is 3. The summed E-state index contributed by atoms with van der Waals surface area (Å²) in [5.74, 6) is -1.83. The molecule has 0 saturated carbocycles. The first-order valence-corrected chi connectivity index (χ1v) is 15.1. The second-order valence-electron chi connectivity index (χ2n) is 10.6. The largest absolute Gasteiger partial charge is 0.490 e. The van der Waals surface area contributed by atoms with Crippen LogP contribution in [0.25, 0.3) is 37.4 Å². The van der Waals surface area contributed by atoms with Gasteiger partial charge in [0.25, 0.3) is 5.56 Å². The molecule has 44 heavy (non-hydrogen) atoms. The molecule has 6 rings (SSSR count). The summed E-state index contributed by atoms with van der Waals surface area (Å²) in [4.78, 5) is 37.5. The summed E-state index contributed by atoms with van der Waals surface area (Å²) in [6.45, 7) is 4.46. The van der Waals surface area contributed by atoms with E-state index in [0.29, 0.717) is 15.2 Å². The maximum absolute atomic E-state index is 13.5. The van der Waals surface area contributed by atoms with Crippen molar-refractivity contribution in [2.45, 2.75) is 32.0 Å². The molecular weight excluding hydrogens is 617 g/mol. The van der Waals surface area contributed by atoms with Gasteiger partial charge in [-0.15, -0.1) is 11.3 Å². The van der Waals surface area contributed by atoms with Crippen molar-refractivity contribution >= 4 is 56.1 Å². The number of hydrogen-bond acceptors (Lipinski definition) is 7. The Kier molecular flexibility index (Phi) is 9.28. The van der Waals surface area contributed by atoms with Gasteiger partial charge in [0.1, 0.15) is 11.0 Å². The Balaban J connectivity index is 0.000000493. The van der Waals surface area contributed by atoms with Crippen molar-refractivity contribution in [1.82, 2.24) is 24.0 Å². The number of anilines is 1. The number of carboxylic acids is 1. The summed E-state index contributed by atoms with van der Waals surface area (Å²) < 4.78 is 36.3. The van der Waals surface area contributed by atoms with Crippen LogP contribution in [0, 0.1) is 0 Å². The highest BCUT2D eigenvalue weighted by molar-refractivity contribution is 7.22. The number of imidazole rings is 1. The number of aromatic nitrogens is 4. The Labute approximate surface area is 259 Å². The number of rotatable bonds is 7. The number of benzene rings is 2. The van der Waals surface area contributed by atoms with Crippen molar-refractivity contribution in [2.24, 2.45) is 0 Å². The molecule has 14 heteroatoms. The zero-order chi connectivity index (χ0) is 31.6. The molecule has 1 N–H and O–H groups in total. The molecule has 3 aromatic heterocycles. The Morgan fingerprint density at radius 3 is 2.36 bits per heavy atom. The number of hydrogen-bond donors (Lipinski definition) is 1. The van der Waals surface area contributed by atoms with E-state index in [0.717, 1.165) is 52.6 Å². The molecule has 0 amide bonds. The quantitative estimate of drug-likeness (QED) is 0.222. The van der Waals surface area contributed by atoms with Gasteiger partial charge in [0.05, 0.1) is 22.2 Å². The highest BCUT2D eigenvalue weighted by Crippen LogP contribution is 2.32. The Morgan fingerprint density at radius 1 is 1.05 bits per heavy atom. The fraction of sp³-hybridized carbons (Fsp3) is 0.333. The third-order valence-electron chi connectivity index (χ3n) is 7.25. The number of carbonyl (C=O) groups is 1. The van der Waals surface area contributed by atoms with Gasteiger partial charge in [0.2, 0.25) is 5.95 Å². The predicted molar refractivity (Wildman–Crippen MR) is 167 cm³/mol. The lowest BCUT2D eigenvalue weighted by molar-refractivity contribution is -0.192. The number of carboxylic acid groups (broad SMARTS) is 1. The van der Waals surface area contributed by atoms with E-state index in [2.05, 4.69) is 25.4 Å². The van der Waals surface area contributed by atoms with E-state index in [9.17, 15) is 18.0 Å². The standard InChI is InChI=1S/C28H29ClN6OS.C2HF3O2/c1-32(2)28-31-22-16-21(10-11-24(22)34(28)15-5-14-33-12-3-4-13-33)35-18-30-23-17-25(37-26(23)27(35)36)19-6-8-20(29)9-7-19;3-2(4,5)1(6)7/h6-11,16-18H,3-5,12-15H2,1-2H3;(H,6,7). The number of fused-ring (bicyclic) bond motifs is 2. The van der Waals surface area contributed by atoms with Crippen molar-refractivity contribution in [3.05, 3.63) is 70.2 Å². The molecule has 1 aliphatic heterocycles. The Bertz CT molecular complexity index is 1840. The maximum atomic E-state index is 13.5. The lowest BCUT2D eigenvalue weighted by atomic mass is 10.2. The molecule has 0 unspecified atom stereocenters. The summed E-state index contributed by atoms with van der Waals surface area (Å²) in [5.41, 5.74) is 4.37. The maximum Gasteiger partial charge on any atom is 0.490 e. The number of aryl methyl sites for hydroxylation is 1. The van der Waals surface area contributed by atoms with Gasteiger partial charge in [-0.05, 0) is 80.9 Å². The normalized spacial score (nSPS) is 13.8. The second kappa shape index (κ2) is 13.0. The zero-order valence-electron chi connectivity index (χ0n) is 24.0. The Hall–Kier alpha value is -3.94. The molecule has 232 valence electrons. The predicted octanol–water partition coefficient (Wildman–Crippen LogP) is 6.30. The molecule has 0 radical (unpaired) electrons. The van der Waals surface area contributed by atoms with Crippen LogP contribution < -0.4 is 10.5 Å². The lowest BCUT2D eigenvalue weighted by Crippen LogP contribution is -2.22. The minimum Gasteiger partial charge on any atom is -0.475 e.